The van der Waals surface area contributed by atoms with Crippen LogP contribution in [0.4, 0.5) is 15.9 Å². The first-order valence-corrected chi connectivity index (χ1v) is 8.14. The van der Waals surface area contributed by atoms with Crippen molar-refractivity contribution < 1.29 is 13.9 Å². The van der Waals surface area contributed by atoms with Gasteiger partial charge in [0.2, 0.25) is 0 Å². The predicted octanol–water partition coefficient (Wildman–Crippen LogP) is 3.51. The first-order valence-electron chi connectivity index (χ1n) is 7.06. The summed E-state index contributed by atoms with van der Waals surface area (Å²) in [6.07, 6.45) is 0. The number of benzene rings is 1. The van der Waals surface area contributed by atoms with Gasteiger partial charge in [-0.3, -0.25) is 0 Å². The van der Waals surface area contributed by atoms with Crippen molar-refractivity contribution in [2.75, 3.05) is 11.9 Å². The van der Waals surface area contributed by atoms with Gasteiger partial charge in [0.1, 0.15) is 17.2 Å². The molecular formula is C16H17FIN3O2. The molecule has 0 radical (unpaired) electrons. The Hall–Kier alpha value is -1.74. The SMILES string of the molecule is CCOC(=O)c1cc(C)c(CN)nc1Nc1ccc(I)cc1F. The Morgan fingerprint density at radius 2 is 2.17 bits per heavy atom. The number of aryl methyl sites for hydroxylation is 1. The number of aromatic nitrogens is 1. The van der Waals surface area contributed by atoms with Crippen LogP contribution in [-0.4, -0.2) is 17.6 Å². The van der Waals surface area contributed by atoms with Gasteiger partial charge in [0.15, 0.2) is 0 Å². The third-order valence-electron chi connectivity index (χ3n) is 3.19. The highest BCUT2D eigenvalue weighted by molar-refractivity contribution is 14.1. The van der Waals surface area contributed by atoms with Gasteiger partial charge in [-0.15, -0.1) is 0 Å². The fourth-order valence-corrected chi connectivity index (χ4v) is 2.49. The summed E-state index contributed by atoms with van der Waals surface area (Å²) in [5.74, 6) is -0.710. The molecule has 23 heavy (non-hydrogen) atoms. The lowest BCUT2D eigenvalue weighted by molar-refractivity contribution is 0.0527. The van der Waals surface area contributed by atoms with Crippen molar-refractivity contribution in [1.29, 1.82) is 0 Å². The highest BCUT2D eigenvalue weighted by Gasteiger charge is 2.18. The van der Waals surface area contributed by atoms with Gasteiger partial charge in [-0.2, -0.15) is 0 Å². The second kappa shape index (κ2) is 7.69. The van der Waals surface area contributed by atoms with Crippen molar-refractivity contribution in [3.05, 3.63) is 50.5 Å². The molecule has 0 saturated heterocycles. The molecule has 0 unspecified atom stereocenters. The van der Waals surface area contributed by atoms with Crippen molar-refractivity contribution >= 4 is 40.1 Å². The zero-order valence-electron chi connectivity index (χ0n) is 12.8. The molecule has 3 N–H and O–H groups in total. The van der Waals surface area contributed by atoms with Crippen LogP contribution in [-0.2, 0) is 11.3 Å². The van der Waals surface area contributed by atoms with E-state index in [1.807, 2.05) is 29.5 Å². The monoisotopic (exact) mass is 429 g/mol. The van der Waals surface area contributed by atoms with Crippen LogP contribution in [0.5, 0.6) is 0 Å². The van der Waals surface area contributed by atoms with Crippen LogP contribution in [0.1, 0.15) is 28.5 Å². The lowest BCUT2D eigenvalue weighted by Crippen LogP contribution is -2.13. The van der Waals surface area contributed by atoms with Crippen molar-refractivity contribution in [3.8, 4) is 0 Å². The average molecular weight is 429 g/mol. The molecule has 2 rings (SSSR count). The number of esters is 1. The number of pyridine rings is 1. The van der Waals surface area contributed by atoms with Crippen LogP contribution in [0.25, 0.3) is 0 Å². The maximum Gasteiger partial charge on any atom is 0.341 e. The lowest BCUT2D eigenvalue weighted by Gasteiger charge is -2.14. The summed E-state index contributed by atoms with van der Waals surface area (Å²) < 4.78 is 19.9. The summed E-state index contributed by atoms with van der Waals surface area (Å²) in [6, 6.07) is 6.40. The van der Waals surface area contributed by atoms with E-state index >= 15 is 0 Å². The van der Waals surface area contributed by atoms with E-state index in [0.29, 0.717) is 5.69 Å². The molecule has 1 heterocycles. The normalized spacial score (nSPS) is 10.5. The number of nitrogens with one attached hydrogen (secondary N) is 1. The zero-order chi connectivity index (χ0) is 17.0. The summed E-state index contributed by atoms with van der Waals surface area (Å²) in [5.41, 5.74) is 7.56. The topological polar surface area (TPSA) is 77.2 Å². The molecule has 0 aliphatic carbocycles. The maximum absolute atomic E-state index is 14.0. The minimum atomic E-state index is -0.514. The molecule has 0 fully saturated rings. The molecule has 0 saturated carbocycles. The fraction of sp³-hybridized carbons (Fsp3) is 0.250. The van der Waals surface area contributed by atoms with Crippen LogP contribution >= 0.6 is 22.6 Å². The molecule has 5 nitrogen and oxygen atoms in total. The molecule has 0 bridgehead atoms. The Morgan fingerprint density at radius 3 is 2.78 bits per heavy atom. The molecule has 7 heteroatoms. The third-order valence-corrected chi connectivity index (χ3v) is 3.86. The molecular weight excluding hydrogens is 412 g/mol. The molecule has 0 aliphatic rings. The summed E-state index contributed by atoms with van der Waals surface area (Å²) >= 11 is 2.02. The Bertz CT molecular complexity index is 738. The van der Waals surface area contributed by atoms with Crippen molar-refractivity contribution in [2.45, 2.75) is 20.4 Å². The van der Waals surface area contributed by atoms with Gasteiger partial charge in [0.05, 0.1) is 18.0 Å². The fourth-order valence-electron chi connectivity index (χ4n) is 2.04. The van der Waals surface area contributed by atoms with Crippen LogP contribution in [0.15, 0.2) is 24.3 Å². The number of nitrogens with two attached hydrogens (primary N) is 1. The molecule has 1 aromatic heterocycles. The smallest absolute Gasteiger partial charge is 0.341 e. The molecule has 0 atom stereocenters. The maximum atomic E-state index is 14.0. The molecule has 2 aromatic rings. The minimum absolute atomic E-state index is 0.221. The number of anilines is 2. The number of ether oxygens (including phenoxy) is 1. The molecule has 0 spiro atoms. The van der Waals surface area contributed by atoms with Crippen molar-refractivity contribution in [3.63, 3.8) is 0 Å². The number of hydrogen-bond acceptors (Lipinski definition) is 5. The first-order chi connectivity index (χ1) is 11.0. The number of nitrogens with zero attached hydrogens (tertiary/aromatic N) is 1. The van der Waals surface area contributed by atoms with Gasteiger partial charge in [0, 0.05) is 10.1 Å². The van der Waals surface area contributed by atoms with Crippen LogP contribution < -0.4 is 11.1 Å². The summed E-state index contributed by atoms with van der Waals surface area (Å²) in [6.45, 7) is 4.00. The average Bonchev–Trinajstić information content (AvgIpc) is 2.51. The van der Waals surface area contributed by atoms with E-state index in [2.05, 4.69) is 10.3 Å². The van der Waals surface area contributed by atoms with E-state index in [9.17, 15) is 9.18 Å². The van der Waals surface area contributed by atoms with Gasteiger partial charge >= 0.3 is 5.97 Å². The summed E-state index contributed by atoms with van der Waals surface area (Å²) in [4.78, 5) is 16.5. The van der Waals surface area contributed by atoms with Gasteiger partial charge in [-0.25, -0.2) is 14.2 Å². The Morgan fingerprint density at radius 1 is 1.43 bits per heavy atom. The van der Waals surface area contributed by atoms with Crippen molar-refractivity contribution in [1.82, 2.24) is 4.98 Å². The highest BCUT2D eigenvalue weighted by Crippen LogP contribution is 2.25. The third kappa shape index (κ3) is 4.17. The molecule has 122 valence electrons. The second-order valence-corrected chi connectivity index (χ2v) is 6.07. The highest BCUT2D eigenvalue weighted by atomic mass is 127. The Balaban J connectivity index is 2.47. The number of rotatable bonds is 5. The van der Waals surface area contributed by atoms with Crippen LogP contribution in [0.3, 0.4) is 0 Å². The molecule has 0 aliphatic heterocycles. The van der Waals surface area contributed by atoms with Gasteiger partial charge in [-0.1, -0.05) is 0 Å². The molecule has 1 aromatic carbocycles. The van der Waals surface area contributed by atoms with Gasteiger partial charge in [0.25, 0.3) is 0 Å². The quantitative estimate of drug-likeness (QED) is 0.562. The lowest BCUT2D eigenvalue weighted by atomic mass is 10.1. The molecule has 0 amide bonds. The number of hydrogen-bond donors (Lipinski definition) is 2. The summed E-state index contributed by atoms with van der Waals surface area (Å²) in [5, 5.41) is 2.86. The second-order valence-electron chi connectivity index (χ2n) is 4.82. The van der Waals surface area contributed by atoms with E-state index in [1.54, 1.807) is 25.1 Å². The largest absolute Gasteiger partial charge is 0.462 e. The van der Waals surface area contributed by atoms with Gasteiger partial charge < -0.3 is 15.8 Å². The predicted molar refractivity (Wildman–Crippen MR) is 95.2 cm³/mol. The summed E-state index contributed by atoms with van der Waals surface area (Å²) in [7, 11) is 0. The number of carbonyl (C=O) groups is 1. The van der Waals surface area contributed by atoms with Gasteiger partial charge in [-0.05, 0) is 66.3 Å². The first kappa shape index (κ1) is 17.6. The standard InChI is InChI=1S/C16H17FIN3O2/c1-3-23-16(22)11-6-9(2)14(8-19)21-15(11)20-13-5-4-10(18)7-12(13)17/h4-7H,3,8,19H2,1-2H3,(H,20,21). The number of halogens is 2. The van der Waals surface area contributed by atoms with E-state index in [-0.39, 0.29) is 30.2 Å². The van der Waals surface area contributed by atoms with Crippen LogP contribution in [0.2, 0.25) is 0 Å². The van der Waals surface area contributed by atoms with E-state index in [4.69, 9.17) is 10.5 Å². The van der Waals surface area contributed by atoms with E-state index in [0.717, 1.165) is 9.13 Å². The van der Waals surface area contributed by atoms with E-state index < -0.39 is 11.8 Å². The van der Waals surface area contributed by atoms with E-state index in [1.165, 1.54) is 6.07 Å². The van der Waals surface area contributed by atoms with Crippen molar-refractivity contribution in [2.24, 2.45) is 5.73 Å². The zero-order valence-corrected chi connectivity index (χ0v) is 15.0. The number of carbonyl (C=O) groups excluding carboxylic acids is 1. The minimum Gasteiger partial charge on any atom is -0.462 e. The Labute approximate surface area is 147 Å². The van der Waals surface area contributed by atoms with Crippen LogP contribution in [0, 0.1) is 16.3 Å². The Kier molecular flexibility index (Phi) is 5.89.